The highest BCUT2D eigenvalue weighted by atomic mass is 35.5. The van der Waals surface area contributed by atoms with Gasteiger partial charge in [0.05, 0.1) is 13.5 Å². The Morgan fingerprint density at radius 1 is 1.56 bits per heavy atom. The summed E-state index contributed by atoms with van der Waals surface area (Å²) in [4.78, 5) is 10.9. The number of hydrogen-bond acceptors (Lipinski definition) is 2. The summed E-state index contributed by atoms with van der Waals surface area (Å²) >= 11 is 6.14. The SMILES string of the molecule is COc1cccc(Cl)c1C1(CC(=O)O)CC1. The van der Waals surface area contributed by atoms with Crippen LogP contribution in [0.15, 0.2) is 18.2 Å². The van der Waals surface area contributed by atoms with Gasteiger partial charge < -0.3 is 9.84 Å². The second-order valence-electron chi connectivity index (χ2n) is 4.17. The Labute approximate surface area is 99.0 Å². The summed E-state index contributed by atoms with van der Waals surface area (Å²) in [5, 5.41) is 9.52. The molecule has 1 N–H and O–H groups in total. The van der Waals surface area contributed by atoms with E-state index in [0.717, 1.165) is 18.4 Å². The van der Waals surface area contributed by atoms with Gasteiger partial charge in [-0.1, -0.05) is 17.7 Å². The van der Waals surface area contributed by atoms with Crippen LogP contribution in [0.25, 0.3) is 0 Å². The molecule has 3 nitrogen and oxygen atoms in total. The molecule has 0 atom stereocenters. The first-order valence-corrected chi connectivity index (χ1v) is 5.52. The first-order chi connectivity index (χ1) is 7.59. The average molecular weight is 241 g/mol. The van der Waals surface area contributed by atoms with Crippen LogP contribution in [0.4, 0.5) is 0 Å². The first-order valence-electron chi connectivity index (χ1n) is 5.14. The molecule has 4 heteroatoms. The molecule has 1 fully saturated rings. The Kier molecular flexibility index (Phi) is 2.80. The van der Waals surface area contributed by atoms with Gasteiger partial charge in [-0.05, 0) is 25.0 Å². The number of aliphatic carboxylic acids is 1. The van der Waals surface area contributed by atoms with E-state index in [9.17, 15) is 4.79 Å². The van der Waals surface area contributed by atoms with Gasteiger partial charge in [-0.3, -0.25) is 4.79 Å². The van der Waals surface area contributed by atoms with E-state index in [0.29, 0.717) is 10.8 Å². The van der Waals surface area contributed by atoms with Crippen LogP contribution < -0.4 is 4.74 Å². The quantitative estimate of drug-likeness (QED) is 0.880. The number of carbonyl (C=O) groups is 1. The van der Waals surface area contributed by atoms with Gasteiger partial charge in [-0.25, -0.2) is 0 Å². The monoisotopic (exact) mass is 240 g/mol. The molecule has 0 amide bonds. The van der Waals surface area contributed by atoms with E-state index in [1.54, 1.807) is 13.2 Å². The lowest BCUT2D eigenvalue weighted by Gasteiger charge is -2.18. The van der Waals surface area contributed by atoms with Gasteiger partial charge in [-0.15, -0.1) is 0 Å². The third-order valence-electron chi connectivity index (χ3n) is 3.07. The van der Waals surface area contributed by atoms with Crippen molar-refractivity contribution in [2.75, 3.05) is 7.11 Å². The van der Waals surface area contributed by atoms with Crippen molar-refractivity contribution in [2.24, 2.45) is 0 Å². The number of methoxy groups -OCH3 is 1. The molecule has 0 spiro atoms. The van der Waals surface area contributed by atoms with Crippen molar-refractivity contribution in [3.05, 3.63) is 28.8 Å². The average Bonchev–Trinajstić information content (AvgIpc) is 2.97. The second-order valence-corrected chi connectivity index (χ2v) is 4.58. The van der Waals surface area contributed by atoms with E-state index < -0.39 is 5.97 Å². The minimum atomic E-state index is -0.792. The molecule has 1 aromatic carbocycles. The van der Waals surface area contributed by atoms with E-state index in [1.807, 2.05) is 12.1 Å². The third kappa shape index (κ3) is 1.87. The largest absolute Gasteiger partial charge is 0.496 e. The van der Waals surface area contributed by atoms with E-state index in [1.165, 1.54) is 0 Å². The van der Waals surface area contributed by atoms with Crippen LogP contribution >= 0.6 is 11.6 Å². The smallest absolute Gasteiger partial charge is 0.304 e. The fraction of sp³-hybridized carbons (Fsp3) is 0.417. The van der Waals surface area contributed by atoms with E-state index in [-0.39, 0.29) is 11.8 Å². The highest BCUT2D eigenvalue weighted by Gasteiger charge is 2.48. The van der Waals surface area contributed by atoms with Crippen molar-refractivity contribution in [3.8, 4) is 5.75 Å². The van der Waals surface area contributed by atoms with Gasteiger partial charge in [0, 0.05) is 16.0 Å². The maximum atomic E-state index is 10.9. The Hall–Kier alpha value is -1.22. The predicted molar refractivity (Wildman–Crippen MR) is 61.2 cm³/mol. The Bertz CT molecular complexity index is 424. The van der Waals surface area contributed by atoms with Crippen molar-refractivity contribution in [1.82, 2.24) is 0 Å². The lowest BCUT2D eigenvalue weighted by molar-refractivity contribution is -0.137. The van der Waals surface area contributed by atoms with Crippen LogP contribution in [0.3, 0.4) is 0 Å². The summed E-state index contributed by atoms with van der Waals surface area (Å²) in [6.45, 7) is 0. The summed E-state index contributed by atoms with van der Waals surface area (Å²) in [5.41, 5.74) is 0.539. The number of rotatable bonds is 4. The minimum absolute atomic E-state index is 0.118. The van der Waals surface area contributed by atoms with Crippen LogP contribution in [0, 0.1) is 0 Å². The summed E-state index contributed by atoms with van der Waals surface area (Å²) in [6, 6.07) is 5.41. The van der Waals surface area contributed by atoms with E-state index in [2.05, 4.69) is 0 Å². The van der Waals surface area contributed by atoms with Crippen molar-refractivity contribution < 1.29 is 14.6 Å². The molecule has 1 aliphatic rings. The molecule has 1 aromatic rings. The molecule has 2 rings (SSSR count). The first kappa shape index (κ1) is 11.3. The zero-order valence-corrected chi connectivity index (χ0v) is 9.75. The summed E-state index contributed by atoms with van der Waals surface area (Å²) in [6.07, 6.45) is 1.84. The summed E-state index contributed by atoms with van der Waals surface area (Å²) in [7, 11) is 1.58. The van der Waals surface area contributed by atoms with Gasteiger partial charge in [0.2, 0.25) is 0 Å². The molecular formula is C12H13ClO3. The van der Waals surface area contributed by atoms with Crippen LogP contribution in [0.1, 0.15) is 24.8 Å². The molecule has 0 radical (unpaired) electrons. The van der Waals surface area contributed by atoms with Gasteiger partial charge in [0.1, 0.15) is 5.75 Å². The topological polar surface area (TPSA) is 46.5 Å². The molecule has 0 aromatic heterocycles. The van der Waals surface area contributed by atoms with Crippen LogP contribution in [-0.2, 0) is 10.2 Å². The molecule has 0 heterocycles. The Balaban J connectivity index is 2.43. The summed E-state index contributed by atoms with van der Waals surface area (Å²) < 4.78 is 5.26. The van der Waals surface area contributed by atoms with Crippen LogP contribution in [-0.4, -0.2) is 18.2 Å². The van der Waals surface area contributed by atoms with Gasteiger partial charge in [0.25, 0.3) is 0 Å². The number of halogens is 1. The number of ether oxygens (including phenoxy) is 1. The molecule has 16 heavy (non-hydrogen) atoms. The van der Waals surface area contributed by atoms with Crippen molar-refractivity contribution in [3.63, 3.8) is 0 Å². The number of hydrogen-bond donors (Lipinski definition) is 1. The Morgan fingerprint density at radius 3 is 2.75 bits per heavy atom. The zero-order chi connectivity index (χ0) is 11.8. The number of carboxylic acids is 1. The van der Waals surface area contributed by atoms with Gasteiger partial charge in [0.15, 0.2) is 0 Å². The minimum Gasteiger partial charge on any atom is -0.496 e. The standard InChI is InChI=1S/C12H13ClO3/c1-16-9-4-2-3-8(13)11(9)12(5-6-12)7-10(14)15/h2-4H,5-7H2,1H3,(H,14,15). The number of carboxylic acid groups (broad SMARTS) is 1. The molecular weight excluding hydrogens is 228 g/mol. The molecule has 1 aliphatic carbocycles. The third-order valence-corrected chi connectivity index (χ3v) is 3.38. The van der Waals surface area contributed by atoms with Crippen LogP contribution in [0.5, 0.6) is 5.75 Å². The molecule has 1 saturated carbocycles. The van der Waals surface area contributed by atoms with Crippen molar-refractivity contribution >= 4 is 17.6 Å². The molecule has 86 valence electrons. The maximum absolute atomic E-state index is 10.9. The van der Waals surface area contributed by atoms with Gasteiger partial charge >= 0.3 is 5.97 Å². The molecule has 0 aliphatic heterocycles. The molecule has 0 unspecified atom stereocenters. The second kappa shape index (κ2) is 3.98. The fourth-order valence-electron chi connectivity index (χ4n) is 2.14. The van der Waals surface area contributed by atoms with Crippen LogP contribution in [0.2, 0.25) is 5.02 Å². The number of benzene rings is 1. The maximum Gasteiger partial charge on any atom is 0.304 e. The Morgan fingerprint density at radius 2 is 2.25 bits per heavy atom. The van der Waals surface area contributed by atoms with Gasteiger partial charge in [-0.2, -0.15) is 0 Å². The molecule has 0 bridgehead atoms. The van der Waals surface area contributed by atoms with Crippen molar-refractivity contribution in [2.45, 2.75) is 24.7 Å². The fourth-order valence-corrected chi connectivity index (χ4v) is 2.51. The molecule has 0 saturated heterocycles. The lowest BCUT2D eigenvalue weighted by atomic mass is 9.91. The van der Waals surface area contributed by atoms with E-state index in [4.69, 9.17) is 21.4 Å². The predicted octanol–water partition coefficient (Wildman–Crippen LogP) is 2.85. The van der Waals surface area contributed by atoms with Crippen molar-refractivity contribution in [1.29, 1.82) is 0 Å². The normalized spacial score (nSPS) is 16.9. The van der Waals surface area contributed by atoms with E-state index >= 15 is 0 Å². The lowest BCUT2D eigenvalue weighted by Crippen LogP contribution is -2.14. The highest BCUT2D eigenvalue weighted by molar-refractivity contribution is 6.31. The summed E-state index contributed by atoms with van der Waals surface area (Å²) in [5.74, 6) is -0.106. The zero-order valence-electron chi connectivity index (χ0n) is 9.00. The highest BCUT2D eigenvalue weighted by Crippen LogP contribution is 2.55.